The number of anilines is 1. The van der Waals surface area contributed by atoms with Gasteiger partial charge in [0.2, 0.25) is 0 Å². The van der Waals surface area contributed by atoms with Crippen LogP contribution in [0.15, 0.2) is 24.3 Å². The van der Waals surface area contributed by atoms with Gasteiger partial charge in [-0.15, -0.1) is 11.3 Å². The number of carbonyl (C=O) groups excluding carboxylic acids is 2. The van der Waals surface area contributed by atoms with Crippen LogP contribution in [0.5, 0.6) is 5.75 Å². The van der Waals surface area contributed by atoms with Gasteiger partial charge in [-0.3, -0.25) is 4.79 Å². The van der Waals surface area contributed by atoms with Gasteiger partial charge in [0.25, 0.3) is 5.91 Å². The highest BCUT2D eigenvalue weighted by Gasteiger charge is 2.22. The number of nitrogens with zero attached hydrogens (tertiary/aromatic N) is 1. The molecule has 0 fully saturated rings. The molecule has 2 aromatic rings. The Morgan fingerprint density at radius 2 is 2.08 bits per heavy atom. The average molecular weight is 358 g/mol. The Morgan fingerprint density at radius 3 is 2.72 bits per heavy atom. The summed E-state index contributed by atoms with van der Waals surface area (Å²) >= 11 is 1.03. The van der Waals surface area contributed by atoms with Gasteiger partial charge in [-0.1, -0.05) is 12.1 Å². The molecular weight excluding hydrogens is 340 g/mol. The van der Waals surface area contributed by atoms with E-state index < -0.39 is 11.9 Å². The molecule has 0 spiro atoms. The smallest absolute Gasteiger partial charge is 0.348 e. The maximum atomic E-state index is 12.1. The Hall–Kier alpha value is -2.85. The summed E-state index contributed by atoms with van der Waals surface area (Å²) in [4.78, 5) is 24.3. The second-order valence-corrected chi connectivity index (χ2v) is 6.27. The molecule has 25 heavy (non-hydrogen) atoms. The lowest BCUT2D eigenvalue weighted by atomic mass is 10.2. The third-order valence-corrected chi connectivity index (χ3v) is 4.52. The van der Waals surface area contributed by atoms with E-state index in [9.17, 15) is 14.9 Å². The molecule has 1 aromatic heterocycles. The summed E-state index contributed by atoms with van der Waals surface area (Å²) in [6, 6.07) is 9.36. The number of hydrogen-bond acceptors (Lipinski definition) is 6. The number of ether oxygens (including phenoxy) is 2. The molecule has 0 unspecified atom stereocenters. The highest BCUT2D eigenvalue weighted by Crippen LogP contribution is 2.33. The molecule has 0 aliphatic heterocycles. The molecule has 1 aromatic carbocycles. The minimum atomic E-state index is -0.502. The number of amides is 1. The Morgan fingerprint density at radius 1 is 1.32 bits per heavy atom. The fourth-order valence-electron chi connectivity index (χ4n) is 2.14. The van der Waals surface area contributed by atoms with Gasteiger partial charge in [0.1, 0.15) is 21.7 Å². The van der Waals surface area contributed by atoms with Crippen LogP contribution >= 0.6 is 11.3 Å². The van der Waals surface area contributed by atoms with Crippen molar-refractivity contribution in [3.63, 3.8) is 0 Å². The van der Waals surface area contributed by atoms with Crippen molar-refractivity contribution >= 4 is 28.2 Å². The number of hydrogen-bond donors (Lipinski definition) is 1. The quantitative estimate of drug-likeness (QED) is 0.799. The SMILES string of the molecule is CCOC(=O)c1sc(NC(=O)COc2cccc(C)c2)c(C#N)c1C. The number of thiophene rings is 1. The zero-order valence-electron chi connectivity index (χ0n) is 14.2. The van der Waals surface area contributed by atoms with Gasteiger partial charge < -0.3 is 14.8 Å². The normalized spacial score (nSPS) is 10.0. The molecule has 1 heterocycles. The summed E-state index contributed by atoms with van der Waals surface area (Å²) in [6.07, 6.45) is 0. The topological polar surface area (TPSA) is 88.4 Å². The molecule has 0 radical (unpaired) electrons. The first-order valence-electron chi connectivity index (χ1n) is 7.66. The number of carbonyl (C=O) groups is 2. The van der Waals surface area contributed by atoms with E-state index in [-0.39, 0.29) is 18.8 Å². The van der Waals surface area contributed by atoms with Crippen molar-refractivity contribution in [3.05, 3.63) is 45.8 Å². The second-order valence-electron chi connectivity index (χ2n) is 5.25. The number of benzene rings is 1. The first-order chi connectivity index (χ1) is 12.0. The monoisotopic (exact) mass is 358 g/mol. The predicted molar refractivity (Wildman–Crippen MR) is 95.0 cm³/mol. The number of esters is 1. The molecule has 0 saturated carbocycles. The Balaban J connectivity index is 2.08. The summed E-state index contributed by atoms with van der Waals surface area (Å²) in [5.41, 5.74) is 1.79. The highest BCUT2D eigenvalue weighted by molar-refractivity contribution is 7.18. The Labute approximate surface area is 150 Å². The van der Waals surface area contributed by atoms with Crippen LogP contribution in [0.1, 0.15) is 33.3 Å². The maximum absolute atomic E-state index is 12.1. The number of rotatable bonds is 6. The van der Waals surface area contributed by atoms with Gasteiger partial charge in [0.05, 0.1) is 12.2 Å². The van der Waals surface area contributed by atoms with Crippen molar-refractivity contribution < 1.29 is 19.1 Å². The number of nitriles is 1. The standard InChI is InChI=1S/C18H18N2O4S/c1-4-23-18(22)16-12(3)14(9-19)17(25-16)20-15(21)10-24-13-7-5-6-11(2)8-13/h5-8H,4,10H2,1-3H3,(H,20,21). The molecule has 0 saturated heterocycles. The first kappa shape index (κ1) is 18.5. The summed E-state index contributed by atoms with van der Waals surface area (Å²) in [5, 5.41) is 12.2. The summed E-state index contributed by atoms with van der Waals surface area (Å²) in [5.74, 6) is -0.321. The molecule has 6 nitrogen and oxygen atoms in total. The van der Waals surface area contributed by atoms with Crippen molar-refractivity contribution in [2.24, 2.45) is 0 Å². The van der Waals surface area contributed by atoms with E-state index in [1.165, 1.54) is 0 Å². The lowest BCUT2D eigenvalue weighted by molar-refractivity contribution is -0.118. The zero-order valence-corrected chi connectivity index (χ0v) is 15.0. The minimum Gasteiger partial charge on any atom is -0.484 e. The fraction of sp³-hybridized carbons (Fsp3) is 0.278. The van der Waals surface area contributed by atoms with Gasteiger partial charge in [0.15, 0.2) is 6.61 Å². The van der Waals surface area contributed by atoms with E-state index in [4.69, 9.17) is 9.47 Å². The molecule has 2 rings (SSSR count). The third-order valence-electron chi connectivity index (χ3n) is 3.33. The third kappa shape index (κ3) is 4.58. The van der Waals surface area contributed by atoms with E-state index in [2.05, 4.69) is 5.32 Å². The molecule has 130 valence electrons. The van der Waals surface area contributed by atoms with Crippen molar-refractivity contribution in [1.29, 1.82) is 5.26 Å². The molecular formula is C18H18N2O4S. The lowest BCUT2D eigenvalue weighted by Gasteiger charge is -2.07. The first-order valence-corrected chi connectivity index (χ1v) is 8.47. The summed E-state index contributed by atoms with van der Waals surface area (Å²) in [7, 11) is 0. The van der Waals surface area contributed by atoms with E-state index in [0.717, 1.165) is 16.9 Å². The van der Waals surface area contributed by atoms with Gasteiger partial charge in [-0.2, -0.15) is 5.26 Å². The minimum absolute atomic E-state index is 0.194. The average Bonchev–Trinajstić information content (AvgIpc) is 2.89. The Kier molecular flexibility index (Phi) is 6.14. The largest absolute Gasteiger partial charge is 0.484 e. The Bertz CT molecular complexity index is 836. The van der Waals surface area contributed by atoms with Gasteiger partial charge in [-0.25, -0.2) is 4.79 Å². The van der Waals surface area contributed by atoms with Crippen LogP contribution in [0.2, 0.25) is 0 Å². The molecule has 1 amide bonds. The molecule has 0 bridgehead atoms. The number of aryl methyl sites for hydroxylation is 1. The molecule has 0 aliphatic rings. The maximum Gasteiger partial charge on any atom is 0.348 e. The van der Waals surface area contributed by atoms with Crippen molar-refractivity contribution in [2.75, 3.05) is 18.5 Å². The molecule has 1 N–H and O–H groups in total. The molecule has 0 aliphatic carbocycles. The van der Waals surface area contributed by atoms with E-state index in [0.29, 0.717) is 21.2 Å². The van der Waals surface area contributed by atoms with Gasteiger partial charge >= 0.3 is 5.97 Å². The van der Waals surface area contributed by atoms with Crippen LogP contribution in [-0.4, -0.2) is 25.1 Å². The second kappa shape index (κ2) is 8.31. The molecule has 7 heteroatoms. The predicted octanol–water partition coefficient (Wildman–Crippen LogP) is 3.43. The van der Waals surface area contributed by atoms with E-state index >= 15 is 0 Å². The fourth-order valence-corrected chi connectivity index (χ4v) is 3.21. The summed E-state index contributed by atoms with van der Waals surface area (Å²) < 4.78 is 10.4. The van der Waals surface area contributed by atoms with Crippen molar-refractivity contribution in [3.8, 4) is 11.8 Å². The van der Waals surface area contributed by atoms with Gasteiger partial charge in [0, 0.05) is 0 Å². The van der Waals surface area contributed by atoms with Crippen LogP contribution in [0.3, 0.4) is 0 Å². The van der Waals surface area contributed by atoms with E-state index in [1.54, 1.807) is 19.9 Å². The van der Waals surface area contributed by atoms with Crippen LogP contribution in [0.25, 0.3) is 0 Å². The summed E-state index contributed by atoms with van der Waals surface area (Å²) in [6.45, 7) is 5.33. The molecule has 0 atom stereocenters. The zero-order chi connectivity index (χ0) is 18.4. The van der Waals surface area contributed by atoms with Crippen LogP contribution in [0.4, 0.5) is 5.00 Å². The van der Waals surface area contributed by atoms with Gasteiger partial charge in [-0.05, 0) is 44.0 Å². The van der Waals surface area contributed by atoms with Crippen LogP contribution in [-0.2, 0) is 9.53 Å². The van der Waals surface area contributed by atoms with Crippen molar-refractivity contribution in [2.45, 2.75) is 20.8 Å². The highest BCUT2D eigenvalue weighted by atomic mass is 32.1. The van der Waals surface area contributed by atoms with E-state index in [1.807, 2.05) is 31.2 Å². The lowest BCUT2D eigenvalue weighted by Crippen LogP contribution is -2.20. The van der Waals surface area contributed by atoms with Crippen LogP contribution in [0, 0.1) is 25.2 Å². The van der Waals surface area contributed by atoms with Crippen molar-refractivity contribution in [1.82, 2.24) is 0 Å². The van der Waals surface area contributed by atoms with Crippen LogP contribution < -0.4 is 10.1 Å². The number of nitrogens with one attached hydrogen (secondary N) is 1.